The summed E-state index contributed by atoms with van der Waals surface area (Å²) in [6.07, 6.45) is 1.25. The van der Waals surface area contributed by atoms with E-state index >= 15 is 0 Å². The lowest BCUT2D eigenvalue weighted by Crippen LogP contribution is -2.34. The molecule has 3 aromatic rings. The smallest absolute Gasteiger partial charge is 0.200 e. The summed E-state index contributed by atoms with van der Waals surface area (Å²) in [5.74, 6) is -0.763. The van der Waals surface area contributed by atoms with Crippen LogP contribution in [0.25, 0.3) is 22.1 Å². The molecule has 0 saturated carbocycles. The molecule has 2 unspecified atom stereocenters. The lowest BCUT2D eigenvalue weighted by atomic mass is 10.1. The van der Waals surface area contributed by atoms with Crippen LogP contribution in [0.4, 0.5) is 0 Å². The number of benzene rings is 2. The van der Waals surface area contributed by atoms with Gasteiger partial charge in [-0.2, -0.15) is 0 Å². The Labute approximate surface area is 151 Å². The van der Waals surface area contributed by atoms with Crippen molar-refractivity contribution >= 4 is 11.0 Å². The third-order valence-electron chi connectivity index (χ3n) is 4.21. The second-order valence-electron chi connectivity index (χ2n) is 6.33. The average Bonchev–Trinajstić information content (AvgIpc) is 2.62. The molecule has 0 aliphatic heterocycles. The SMILES string of the molecule is CCC(C)(O)OC(C)Oc1ccc2c(=O)c(-c3ccccc3)coc2c1. The van der Waals surface area contributed by atoms with Gasteiger partial charge in [-0.1, -0.05) is 37.3 Å². The van der Waals surface area contributed by atoms with Crippen LogP contribution in [0.1, 0.15) is 27.2 Å². The minimum Gasteiger partial charge on any atom is -0.465 e. The summed E-state index contributed by atoms with van der Waals surface area (Å²) in [7, 11) is 0. The molecule has 0 saturated heterocycles. The van der Waals surface area contributed by atoms with E-state index in [0.29, 0.717) is 28.7 Å². The fourth-order valence-electron chi connectivity index (χ4n) is 2.66. The Morgan fingerprint density at radius 3 is 2.62 bits per heavy atom. The van der Waals surface area contributed by atoms with Gasteiger partial charge >= 0.3 is 0 Å². The maximum Gasteiger partial charge on any atom is 0.200 e. The molecular formula is C21H22O5. The molecular weight excluding hydrogens is 332 g/mol. The molecule has 3 rings (SSSR count). The van der Waals surface area contributed by atoms with Crippen molar-refractivity contribution in [1.29, 1.82) is 0 Å². The summed E-state index contributed by atoms with van der Waals surface area (Å²) in [6, 6.07) is 14.4. The molecule has 0 aliphatic rings. The van der Waals surface area contributed by atoms with E-state index in [2.05, 4.69) is 0 Å². The van der Waals surface area contributed by atoms with Crippen LogP contribution in [0.15, 0.2) is 64.0 Å². The maximum absolute atomic E-state index is 12.7. The van der Waals surface area contributed by atoms with Crippen LogP contribution < -0.4 is 10.2 Å². The molecule has 0 amide bonds. The third kappa shape index (κ3) is 3.95. The molecule has 0 radical (unpaired) electrons. The van der Waals surface area contributed by atoms with E-state index < -0.39 is 12.1 Å². The zero-order chi connectivity index (χ0) is 18.7. The van der Waals surface area contributed by atoms with Crippen LogP contribution >= 0.6 is 0 Å². The van der Waals surface area contributed by atoms with Crippen molar-refractivity contribution in [2.75, 3.05) is 0 Å². The van der Waals surface area contributed by atoms with Gasteiger partial charge in [-0.3, -0.25) is 4.79 Å². The second kappa shape index (κ2) is 7.32. The first-order valence-electron chi connectivity index (χ1n) is 8.57. The minimum absolute atomic E-state index is 0.0952. The molecule has 0 bridgehead atoms. The Kier molecular flexibility index (Phi) is 5.11. The van der Waals surface area contributed by atoms with Gasteiger partial charge in [0.05, 0.1) is 10.9 Å². The molecule has 0 spiro atoms. The molecule has 5 nitrogen and oxygen atoms in total. The number of ether oxygens (including phenoxy) is 2. The molecule has 136 valence electrons. The first kappa shape index (κ1) is 18.2. The predicted molar refractivity (Wildman–Crippen MR) is 100 cm³/mol. The molecule has 2 aromatic carbocycles. The fraction of sp³-hybridized carbons (Fsp3) is 0.286. The van der Waals surface area contributed by atoms with E-state index in [9.17, 15) is 9.90 Å². The van der Waals surface area contributed by atoms with E-state index in [1.54, 1.807) is 32.0 Å². The predicted octanol–water partition coefficient (Wildman–Crippen LogP) is 4.32. The first-order valence-corrected chi connectivity index (χ1v) is 8.57. The van der Waals surface area contributed by atoms with Crippen LogP contribution in [0.3, 0.4) is 0 Å². The highest BCUT2D eigenvalue weighted by Gasteiger charge is 2.22. The number of hydrogen-bond donors (Lipinski definition) is 1. The van der Waals surface area contributed by atoms with Gasteiger partial charge in [-0.05, 0) is 38.0 Å². The Bertz CT molecular complexity index is 944. The lowest BCUT2D eigenvalue weighted by molar-refractivity contribution is -0.256. The van der Waals surface area contributed by atoms with Crippen molar-refractivity contribution in [3.63, 3.8) is 0 Å². The topological polar surface area (TPSA) is 68.9 Å². The molecule has 0 aliphatic carbocycles. The summed E-state index contributed by atoms with van der Waals surface area (Å²) in [5.41, 5.74) is 1.67. The standard InChI is InChI=1S/C21H22O5/c1-4-21(3,23)26-14(2)25-16-10-11-17-19(12-16)24-13-18(20(17)22)15-8-6-5-7-9-15/h5-14,23H,4H2,1-3H3. The number of rotatable bonds is 6. The van der Waals surface area contributed by atoms with Crippen LogP contribution in [-0.2, 0) is 4.74 Å². The Morgan fingerprint density at radius 1 is 1.19 bits per heavy atom. The minimum atomic E-state index is -1.26. The van der Waals surface area contributed by atoms with Crippen molar-refractivity contribution in [3.8, 4) is 16.9 Å². The van der Waals surface area contributed by atoms with Gasteiger partial charge in [0.15, 0.2) is 17.5 Å². The van der Waals surface area contributed by atoms with Gasteiger partial charge in [0.25, 0.3) is 0 Å². The van der Waals surface area contributed by atoms with E-state index in [4.69, 9.17) is 13.9 Å². The van der Waals surface area contributed by atoms with Crippen molar-refractivity contribution in [2.24, 2.45) is 0 Å². The largest absolute Gasteiger partial charge is 0.465 e. The molecule has 1 heterocycles. The van der Waals surface area contributed by atoms with Gasteiger partial charge < -0.3 is 19.0 Å². The van der Waals surface area contributed by atoms with E-state index in [-0.39, 0.29) is 5.43 Å². The highest BCUT2D eigenvalue weighted by atomic mass is 16.7. The first-order chi connectivity index (χ1) is 12.4. The molecule has 26 heavy (non-hydrogen) atoms. The van der Waals surface area contributed by atoms with Crippen LogP contribution in [0, 0.1) is 0 Å². The Morgan fingerprint density at radius 2 is 1.92 bits per heavy atom. The number of aliphatic hydroxyl groups is 1. The van der Waals surface area contributed by atoms with Crippen LogP contribution in [0.5, 0.6) is 5.75 Å². The molecule has 2 atom stereocenters. The highest BCUT2D eigenvalue weighted by molar-refractivity contribution is 5.82. The van der Waals surface area contributed by atoms with Crippen molar-refractivity contribution < 1.29 is 19.0 Å². The van der Waals surface area contributed by atoms with E-state index in [1.165, 1.54) is 6.26 Å². The molecule has 5 heteroatoms. The zero-order valence-electron chi connectivity index (χ0n) is 15.1. The van der Waals surface area contributed by atoms with Gasteiger partial charge in [0.1, 0.15) is 17.6 Å². The van der Waals surface area contributed by atoms with Crippen LogP contribution in [0.2, 0.25) is 0 Å². The lowest BCUT2D eigenvalue weighted by Gasteiger charge is -2.26. The van der Waals surface area contributed by atoms with Crippen molar-refractivity contribution in [2.45, 2.75) is 39.3 Å². The van der Waals surface area contributed by atoms with Crippen molar-refractivity contribution in [3.05, 3.63) is 65.0 Å². The Hall–Kier alpha value is -2.63. The maximum atomic E-state index is 12.7. The van der Waals surface area contributed by atoms with Gasteiger partial charge in [0, 0.05) is 6.07 Å². The molecule has 1 N–H and O–H groups in total. The quantitative estimate of drug-likeness (QED) is 0.668. The van der Waals surface area contributed by atoms with E-state index in [1.807, 2.05) is 37.3 Å². The number of fused-ring (bicyclic) bond motifs is 1. The summed E-state index contributed by atoms with van der Waals surface area (Å²) in [5, 5.41) is 10.4. The zero-order valence-corrected chi connectivity index (χ0v) is 15.1. The second-order valence-corrected chi connectivity index (χ2v) is 6.33. The van der Waals surface area contributed by atoms with Gasteiger partial charge in [-0.15, -0.1) is 0 Å². The molecule has 1 aromatic heterocycles. The molecule has 0 fully saturated rings. The summed E-state index contributed by atoms with van der Waals surface area (Å²) in [4.78, 5) is 12.7. The third-order valence-corrected chi connectivity index (χ3v) is 4.21. The summed E-state index contributed by atoms with van der Waals surface area (Å²) < 4.78 is 16.8. The normalized spacial score (nSPS) is 14.8. The average molecular weight is 354 g/mol. The van der Waals surface area contributed by atoms with E-state index in [0.717, 1.165) is 5.56 Å². The monoisotopic (exact) mass is 354 g/mol. The van der Waals surface area contributed by atoms with Gasteiger partial charge in [-0.25, -0.2) is 0 Å². The van der Waals surface area contributed by atoms with Crippen LogP contribution in [-0.4, -0.2) is 17.2 Å². The summed E-state index contributed by atoms with van der Waals surface area (Å²) in [6.45, 7) is 5.10. The van der Waals surface area contributed by atoms with Crippen molar-refractivity contribution in [1.82, 2.24) is 0 Å². The van der Waals surface area contributed by atoms with Gasteiger partial charge in [0.2, 0.25) is 0 Å². The number of hydrogen-bond acceptors (Lipinski definition) is 5. The fourth-order valence-corrected chi connectivity index (χ4v) is 2.66. The summed E-state index contributed by atoms with van der Waals surface area (Å²) >= 11 is 0. The highest BCUT2D eigenvalue weighted by Crippen LogP contribution is 2.24. The Balaban J connectivity index is 1.88.